The Hall–Kier alpha value is -2.49. The predicted molar refractivity (Wildman–Crippen MR) is 111 cm³/mol. The standard InChI is InChI=1S/C19H19IN6O/c1-14-5-6-26(23-14)18-12-17(21-13-22-18)24-7-9-25(10-8-24)19(27)15-3-2-4-16(20)11-15/h2-6,11-13H,7-10H2,1H3. The van der Waals surface area contributed by atoms with Gasteiger partial charge < -0.3 is 9.80 Å². The first-order valence-electron chi connectivity index (χ1n) is 8.74. The molecular formula is C19H19IN6O. The molecule has 0 unspecified atom stereocenters. The van der Waals surface area contributed by atoms with Gasteiger partial charge >= 0.3 is 0 Å². The van der Waals surface area contributed by atoms with Crippen LogP contribution < -0.4 is 4.90 Å². The lowest BCUT2D eigenvalue weighted by atomic mass is 10.2. The van der Waals surface area contributed by atoms with E-state index in [0.29, 0.717) is 13.1 Å². The molecule has 8 heteroatoms. The molecule has 138 valence electrons. The van der Waals surface area contributed by atoms with Crippen LogP contribution >= 0.6 is 22.6 Å². The van der Waals surface area contributed by atoms with Crippen molar-refractivity contribution in [1.82, 2.24) is 24.6 Å². The number of nitrogens with zero attached hydrogens (tertiary/aromatic N) is 6. The van der Waals surface area contributed by atoms with Crippen molar-refractivity contribution in [3.8, 4) is 5.82 Å². The summed E-state index contributed by atoms with van der Waals surface area (Å²) in [6, 6.07) is 11.6. The summed E-state index contributed by atoms with van der Waals surface area (Å²) in [6.07, 6.45) is 3.45. The summed E-state index contributed by atoms with van der Waals surface area (Å²) < 4.78 is 2.82. The molecular weight excluding hydrogens is 455 g/mol. The third kappa shape index (κ3) is 3.95. The number of benzene rings is 1. The van der Waals surface area contributed by atoms with Gasteiger partial charge in [-0.15, -0.1) is 0 Å². The van der Waals surface area contributed by atoms with Crippen molar-refractivity contribution in [2.24, 2.45) is 0 Å². The maximum Gasteiger partial charge on any atom is 0.254 e. The number of hydrogen-bond acceptors (Lipinski definition) is 5. The first kappa shape index (κ1) is 17.9. The Morgan fingerprint density at radius 3 is 2.52 bits per heavy atom. The molecule has 1 saturated heterocycles. The second-order valence-electron chi connectivity index (χ2n) is 6.43. The largest absolute Gasteiger partial charge is 0.353 e. The van der Waals surface area contributed by atoms with E-state index in [-0.39, 0.29) is 5.91 Å². The Morgan fingerprint density at radius 1 is 1.04 bits per heavy atom. The Balaban J connectivity index is 1.44. The van der Waals surface area contributed by atoms with E-state index >= 15 is 0 Å². The quantitative estimate of drug-likeness (QED) is 0.546. The Bertz CT molecular complexity index is 964. The average molecular weight is 474 g/mol. The summed E-state index contributed by atoms with van der Waals surface area (Å²) in [5, 5.41) is 4.40. The second-order valence-corrected chi connectivity index (χ2v) is 7.67. The molecule has 4 rings (SSSR count). The van der Waals surface area contributed by atoms with Crippen molar-refractivity contribution < 1.29 is 4.79 Å². The van der Waals surface area contributed by atoms with E-state index in [0.717, 1.165) is 39.6 Å². The number of anilines is 1. The highest BCUT2D eigenvalue weighted by atomic mass is 127. The normalized spacial score (nSPS) is 14.4. The van der Waals surface area contributed by atoms with E-state index in [2.05, 4.69) is 42.6 Å². The molecule has 0 saturated carbocycles. The summed E-state index contributed by atoms with van der Waals surface area (Å²) in [7, 11) is 0. The molecule has 0 bridgehead atoms. The van der Waals surface area contributed by atoms with Crippen molar-refractivity contribution in [3.63, 3.8) is 0 Å². The third-order valence-electron chi connectivity index (χ3n) is 4.56. The lowest BCUT2D eigenvalue weighted by Gasteiger charge is -2.35. The van der Waals surface area contributed by atoms with Gasteiger partial charge in [-0.2, -0.15) is 5.10 Å². The lowest BCUT2D eigenvalue weighted by molar-refractivity contribution is 0.0746. The summed E-state index contributed by atoms with van der Waals surface area (Å²) in [4.78, 5) is 25.5. The highest BCUT2D eigenvalue weighted by molar-refractivity contribution is 14.1. The monoisotopic (exact) mass is 474 g/mol. The Morgan fingerprint density at radius 2 is 1.81 bits per heavy atom. The van der Waals surface area contributed by atoms with Crippen LogP contribution in [0.25, 0.3) is 5.82 Å². The minimum absolute atomic E-state index is 0.0866. The molecule has 0 aliphatic carbocycles. The summed E-state index contributed by atoms with van der Waals surface area (Å²) in [6.45, 7) is 4.77. The number of piperazine rings is 1. The van der Waals surface area contributed by atoms with Crippen LogP contribution in [0.3, 0.4) is 0 Å². The fourth-order valence-electron chi connectivity index (χ4n) is 3.12. The number of aryl methyl sites for hydroxylation is 1. The number of aromatic nitrogens is 4. The van der Waals surface area contributed by atoms with Crippen molar-refractivity contribution in [1.29, 1.82) is 0 Å². The van der Waals surface area contributed by atoms with Crippen LogP contribution in [0.5, 0.6) is 0 Å². The Kier molecular flexibility index (Phi) is 5.06. The molecule has 1 aliphatic rings. The molecule has 7 nitrogen and oxygen atoms in total. The van der Waals surface area contributed by atoms with Gasteiger partial charge in [-0.1, -0.05) is 6.07 Å². The van der Waals surface area contributed by atoms with Gasteiger partial charge in [0.25, 0.3) is 5.91 Å². The topological polar surface area (TPSA) is 67.2 Å². The average Bonchev–Trinajstić information content (AvgIpc) is 3.14. The van der Waals surface area contributed by atoms with Crippen LogP contribution in [-0.4, -0.2) is 56.7 Å². The van der Waals surface area contributed by atoms with E-state index < -0.39 is 0 Å². The minimum Gasteiger partial charge on any atom is -0.353 e. The van der Waals surface area contributed by atoms with E-state index in [4.69, 9.17) is 0 Å². The third-order valence-corrected chi connectivity index (χ3v) is 5.23. The number of rotatable bonds is 3. The van der Waals surface area contributed by atoms with Crippen molar-refractivity contribution in [2.75, 3.05) is 31.1 Å². The highest BCUT2D eigenvalue weighted by Gasteiger charge is 2.23. The van der Waals surface area contributed by atoms with Crippen LogP contribution in [0.15, 0.2) is 48.9 Å². The molecule has 3 aromatic rings. The van der Waals surface area contributed by atoms with Gasteiger partial charge in [0.1, 0.15) is 12.1 Å². The molecule has 0 N–H and O–H groups in total. The first-order valence-corrected chi connectivity index (χ1v) is 9.82. The number of carbonyl (C=O) groups excluding carboxylic acids is 1. The number of amides is 1. The molecule has 0 spiro atoms. The molecule has 1 amide bonds. The van der Waals surface area contributed by atoms with Crippen molar-refractivity contribution in [3.05, 3.63) is 63.7 Å². The highest BCUT2D eigenvalue weighted by Crippen LogP contribution is 2.18. The predicted octanol–water partition coefficient (Wildman–Crippen LogP) is 2.54. The first-order chi connectivity index (χ1) is 13.1. The summed E-state index contributed by atoms with van der Waals surface area (Å²) >= 11 is 2.23. The zero-order chi connectivity index (χ0) is 18.8. The number of carbonyl (C=O) groups is 1. The molecule has 3 heterocycles. The van der Waals surface area contributed by atoms with E-state index in [1.54, 1.807) is 11.0 Å². The minimum atomic E-state index is 0.0866. The van der Waals surface area contributed by atoms with Gasteiger partial charge in [-0.25, -0.2) is 14.6 Å². The van der Waals surface area contributed by atoms with Crippen molar-refractivity contribution in [2.45, 2.75) is 6.92 Å². The van der Waals surface area contributed by atoms with Gasteiger partial charge in [0.05, 0.1) is 5.69 Å². The van der Waals surface area contributed by atoms with Crippen molar-refractivity contribution >= 4 is 34.3 Å². The summed E-state index contributed by atoms with van der Waals surface area (Å²) in [5.41, 5.74) is 1.69. The van der Waals surface area contributed by atoms with Crippen LogP contribution in [0.1, 0.15) is 16.1 Å². The maximum absolute atomic E-state index is 12.7. The van der Waals surface area contributed by atoms with Crippen LogP contribution in [0.4, 0.5) is 5.82 Å². The van der Waals surface area contributed by atoms with E-state index in [9.17, 15) is 4.79 Å². The van der Waals surface area contributed by atoms with Gasteiger partial charge in [0.15, 0.2) is 5.82 Å². The smallest absolute Gasteiger partial charge is 0.254 e. The zero-order valence-electron chi connectivity index (χ0n) is 14.9. The molecule has 1 fully saturated rings. The molecule has 0 radical (unpaired) electrons. The summed E-state index contributed by atoms with van der Waals surface area (Å²) in [5.74, 6) is 1.68. The molecule has 1 aromatic carbocycles. The van der Waals surface area contributed by atoms with Gasteiger partial charge in [-0.3, -0.25) is 4.79 Å². The fraction of sp³-hybridized carbons (Fsp3) is 0.263. The van der Waals surface area contributed by atoms with E-state index in [1.165, 1.54) is 0 Å². The lowest BCUT2D eigenvalue weighted by Crippen LogP contribution is -2.49. The van der Waals surface area contributed by atoms with Crippen LogP contribution in [-0.2, 0) is 0 Å². The SMILES string of the molecule is Cc1ccn(-c2cc(N3CCN(C(=O)c4cccc(I)c4)CC3)ncn2)n1. The van der Waals surface area contributed by atoms with E-state index in [1.807, 2.05) is 54.4 Å². The molecule has 27 heavy (non-hydrogen) atoms. The molecule has 2 aromatic heterocycles. The van der Waals surface area contributed by atoms with Gasteiger partial charge in [0.2, 0.25) is 0 Å². The van der Waals surface area contributed by atoms with Gasteiger partial charge in [-0.05, 0) is 53.8 Å². The van der Waals surface area contributed by atoms with Crippen LogP contribution in [0, 0.1) is 10.5 Å². The zero-order valence-corrected chi connectivity index (χ0v) is 17.1. The van der Waals surface area contributed by atoms with Gasteiger partial charge in [0, 0.05) is 47.6 Å². The number of hydrogen-bond donors (Lipinski definition) is 0. The Labute approximate surface area is 171 Å². The van der Waals surface area contributed by atoms with Crippen LogP contribution in [0.2, 0.25) is 0 Å². The second kappa shape index (κ2) is 7.63. The maximum atomic E-state index is 12.7. The number of halogens is 1. The molecule has 1 aliphatic heterocycles. The fourth-order valence-corrected chi connectivity index (χ4v) is 3.66. The molecule has 0 atom stereocenters.